The molecule has 4 heterocycles. The number of carbonyl (C=O) groups is 1. The number of nitrogens with one attached hydrogen (secondary N) is 1. The summed E-state index contributed by atoms with van der Waals surface area (Å²) >= 11 is 0. The van der Waals surface area contributed by atoms with E-state index in [1.165, 1.54) is 4.52 Å². The second kappa shape index (κ2) is 6.11. The van der Waals surface area contributed by atoms with E-state index in [-0.39, 0.29) is 11.7 Å². The van der Waals surface area contributed by atoms with Gasteiger partial charge in [-0.15, -0.1) is 5.10 Å². The van der Waals surface area contributed by atoms with Crippen LogP contribution in [-0.2, 0) is 6.54 Å². The molecule has 0 aliphatic rings. The number of hydrogen-bond donors (Lipinski definition) is 1. The topological polar surface area (TPSA) is 103 Å². The Kier molecular flexibility index (Phi) is 3.65. The third-order valence-electron chi connectivity index (χ3n) is 3.66. The van der Waals surface area contributed by atoms with Gasteiger partial charge < -0.3 is 5.32 Å². The zero-order valence-electron chi connectivity index (χ0n) is 13.4. The monoisotopic (exact) mass is 334 g/mol. The Morgan fingerprint density at radius 3 is 2.84 bits per heavy atom. The third-order valence-corrected chi connectivity index (χ3v) is 3.66. The molecule has 4 rings (SSSR count). The first-order valence-corrected chi connectivity index (χ1v) is 7.60. The molecule has 0 unspecified atom stereocenters. The first kappa shape index (κ1) is 14.9. The minimum Gasteiger partial charge on any atom is -0.345 e. The maximum absolute atomic E-state index is 12.2. The van der Waals surface area contributed by atoms with Gasteiger partial charge in [0.2, 0.25) is 5.82 Å². The molecule has 9 heteroatoms. The standard InChI is InChI=1S/C16H14N8O/c1-11-4-5-18-16-21-14(22-24(11)16)15(25)20-9-12-2-3-13(19-8-12)23-7-6-17-10-23/h2-8,10H,9H2,1H3,(H,20,25). The number of aromatic nitrogens is 7. The van der Waals surface area contributed by atoms with Crippen LogP contribution in [0.5, 0.6) is 0 Å². The predicted octanol–water partition coefficient (Wildman–Crippen LogP) is 0.943. The Labute approximate surface area is 142 Å². The highest BCUT2D eigenvalue weighted by atomic mass is 16.2. The summed E-state index contributed by atoms with van der Waals surface area (Å²) in [5.74, 6) is 0.890. The summed E-state index contributed by atoms with van der Waals surface area (Å²) in [5, 5.41) is 6.96. The second-order valence-electron chi connectivity index (χ2n) is 5.41. The summed E-state index contributed by atoms with van der Waals surface area (Å²) in [5.41, 5.74) is 1.73. The van der Waals surface area contributed by atoms with Gasteiger partial charge in [-0.1, -0.05) is 6.07 Å². The fourth-order valence-corrected chi connectivity index (χ4v) is 2.33. The Bertz CT molecular complexity index is 1020. The molecule has 0 spiro atoms. The molecule has 9 nitrogen and oxygen atoms in total. The summed E-state index contributed by atoms with van der Waals surface area (Å²) in [7, 11) is 0. The lowest BCUT2D eigenvalue weighted by Gasteiger charge is -2.04. The molecule has 0 bridgehead atoms. The van der Waals surface area contributed by atoms with Crippen LogP contribution in [0.25, 0.3) is 11.6 Å². The van der Waals surface area contributed by atoms with Gasteiger partial charge in [0, 0.05) is 37.0 Å². The van der Waals surface area contributed by atoms with Crippen LogP contribution < -0.4 is 5.32 Å². The Morgan fingerprint density at radius 2 is 2.12 bits per heavy atom. The minimum absolute atomic E-state index is 0.0878. The average Bonchev–Trinajstić information content (AvgIpc) is 3.30. The van der Waals surface area contributed by atoms with Crippen molar-refractivity contribution in [1.82, 2.24) is 39.4 Å². The van der Waals surface area contributed by atoms with Crippen LogP contribution >= 0.6 is 0 Å². The zero-order valence-corrected chi connectivity index (χ0v) is 13.4. The lowest BCUT2D eigenvalue weighted by molar-refractivity contribution is 0.0940. The lowest BCUT2D eigenvalue weighted by Crippen LogP contribution is -2.24. The van der Waals surface area contributed by atoms with E-state index in [2.05, 4.69) is 30.4 Å². The predicted molar refractivity (Wildman–Crippen MR) is 88.0 cm³/mol. The Morgan fingerprint density at radius 1 is 1.20 bits per heavy atom. The molecule has 0 saturated carbocycles. The SMILES string of the molecule is Cc1ccnc2nc(C(=O)NCc3ccc(-n4ccnc4)nc3)nn12. The van der Waals surface area contributed by atoms with Crippen LogP contribution in [0.1, 0.15) is 21.9 Å². The maximum atomic E-state index is 12.2. The van der Waals surface area contributed by atoms with Gasteiger partial charge in [-0.2, -0.15) is 4.98 Å². The van der Waals surface area contributed by atoms with Gasteiger partial charge in [0.25, 0.3) is 11.7 Å². The largest absolute Gasteiger partial charge is 0.345 e. The smallest absolute Gasteiger partial charge is 0.291 e. The summed E-state index contributed by atoms with van der Waals surface area (Å²) in [6.45, 7) is 2.20. The summed E-state index contributed by atoms with van der Waals surface area (Å²) in [6, 6.07) is 5.56. The molecule has 1 amide bonds. The van der Waals surface area contributed by atoms with Gasteiger partial charge in [-0.25, -0.2) is 19.5 Å². The van der Waals surface area contributed by atoms with E-state index in [1.54, 1.807) is 35.6 Å². The van der Waals surface area contributed by atoms with E-state index < -0.39 is 0 Å². The van der Waals surface area contributed by atoms with Crippen molar-refractivity contribution in [2.45, 2.75) is 13.5 Å². The first-order chi connectivity index (χ1) is 12.2. The van der Waals surface area contributed by atoms with Crippen LogP contribution in [0.2, 0.25) is 0 Å². The Hall–Kier alpha value is -3.62. The first-order valence-electron chi connectivity index (χ1n) is 7.60. The van der Waals surface area contributed by atoms with Gasteiger partial charge in [0.05, 0.1) is 0 Å². The molecular formula is C16H14N8O. The summed E-state index contributed by atoms with van der Waals surface area (Å²) < 4.78 is 3.34. The fraction of sp³-hybridized carbons (Fsp3) is 0.125. The number of amides is 1. The average molecular weight is 334 g/mol. The fourth-order valence-electron chi connectivity index (χ4n) is 2.33. The normalized spacial score (nSPS) is 10.9. The zero-order chi connectivity index (χ0) is 17.2. The molecular weight excluding hydrogens is 320 g/mol. The van der Waals surface area contributed by atoms with E-state index >= 15 is 0 Å². The van der Waals surface area contributed by atoms with Crippen molar-refractivity contribution in [2.75, 3.05) is 0 Å². The molecule has 0 fully saturated rings. The van der Waals surface area contributed by atoms with Crippen LogP contribution in [0.4, 0.5) is 0 Å². The van der Waals surface area contributed by atoms with Crippen LogP contribution in [-0.4, -0.2) is 40.0 Å². The van der Waals surface area contributed by atoms with E-state index in [0.717, 1.165) is 17.1 Å². The maximum Gasteiger partial charge on any atom is 0.291 e. The van der Waals surface area contributed by atoms with Crippen LogP contribution in [0.3, 0.4) is 0 Å². The Balaban J connectivity index is 1.45. The van der Waals surface area contributed by atoms with Crippen molar-refractivity contribution >= 4 is 11.7 Å². The molecule has 0 atom stereocenters. The van der Waals surface area contributed by atoms with E-state index in [9.17, 15) is 4.79 Å². The van der Waals surface area contributed by atoms with Crippen molar-refractivity contribution in [3.8, 4) is 5.82 Å². The highest BCUT2D eigenvalue weighted by molar-refractivity contribution is 5.90. The molecule has 124 valence electrons. The van der Waals surface area contributed by atoms with Crippen molar-refractivity contribution in [1.29, 1.82) is 0 Å². The molecule has 0 aliphatic heterocycles. The van der Waals surface area contributed by atoms with E-state index in [4.69, 9.17) is 0 Å². The molecule has 0 radical (unpaired) electrons. The highest BCUT2D eigenvalue weighted by Crippen LogP contribution is 2.06. The quantitative estimate of drug-likeness (QED) is 0.596. The molecule has 0 aliphatic carbocycles. The number of pyridine rings is 1. The van der Waals surface area contributed by atoms with Crippen molar-refractivity contribution < 1.29 is 4.79 Å². The van der Waals surface area contributed by atoms with Crippen LogP contribution in [0.15, 0.2) is 49.3 Å². The molecule has 0 saturated heterocycles. The van der Waals surface area contributed by atoms with Gasteiger partial charge in [0.1, 0.15) is 12.1 Å². The number of fused-ring (bicyclic) bond motifs is 1. The molecule has 25 heavy (non-hydrogen) atoms. The number of aryl methyl sites for hydroxylation is 1. The number of rotatable bonds is 4. The van der Waals surface area contributed by atoms with E-state index in [1.807, 2.05) is 25.3 Å². The molecule has 4 aromatic heterocycles. The van der Waals surface area contributed by atoms with Crippen LogP contribution in [0, 0.1) is 6.92 Å². The van der Waals surface area contributed by atoms with Gasteiger partial charge in [-0.3, -0.25) is 9.36 Å². The molecule has 0 aromatic carbocycles. The molecule has 1 N–H and O–H groups in total. The minimum atomic E-state index is -0.358. The number of carbonyl (C=O) groups excluding carboxylic acids is 1. The van der Waals surface area contributed by atoms with Crippen molar-refractivity contribution in [3.63, 3.8) is 0 Å². The van der Waals surface area contributed by atoms with Gasteiger partial charge >= 0.3 is 0 Å². The van der Waals surface area contributed by atoms with Gasteiger partial charge in [0.15, 0.2) is 0 Å². The second-order valence-corrected chi connectivity index (χ2v) is 5.41. The number of nitrogens with zero attached hydrogens (tertiary/aromatic N) is 7. The van der Waals surface area contributed by atoms with Crippen molar-refractivity contribution in [2.24, 2.45) is 0 Å². The summed E-state index contributed by atoms with van der Waals surface area (Å²) in [6.07, 6.45) is 8.52. The highest BCUT2D eigenvalue weighted by Gasteiger charge is 2.14. The van der Waals surface area contributed by atoms with Crippen molar-refractivity contribution in [3.05, 3.63) is 66.4 Å². The number of hydrogen-bond acceptors (Lipinski definition) is 6. The van der Waals surface area contributed by atoms with Gasteiger partial charge in [-0.05, 0) is 24.6 Å². The summed E-state index contributed by atoms with van der Waals surface area (Å²) in [4.78, 5) is 28.8. The molecule has 4 aromatic rings. The van der Waals surface area contributed by atoms with E-state index in [0.29, 0.717) is 12.3 Å². The number of imidazole rings is 1. The lowest BCUT2D eigenvalue weighted by atomic mass is 10.3. The third kappa shape index (κ3) is 2.94.